The summed E-state index contributed by atoms with van der Waals surface area (Å²) in [6.45, 7) is 3.88. The van der Waals surface area contributed by atoms with Crippen LogP contribution in [0.3, 0.4) is 0 Å². The SMILES string of the molecule is CC(C)(O)[C@@]12CC(O)[C@@](c3ccc(Cl)c(Cc4ccc(OCCOC5CCC5)cc4)c3)(C1O)[C@@H](O)[C@H](O)[C@H]2O. The molecule has 2 bridgehead atoms. The van der Waals surface area contributed by atoms with Crippen LogP contribution in [0.15, 0.2) is 42.5 Å². The van der Waals surface area contributed by atoms with E-state index in [0.717, 1.165) is 24.2 Å². The molecule has 3 aliphatic rings. The molecule has 8 nitrogen and oxygen atoms in total. The first-order valence-electron chi connectivity index (χ1n) is 13.7. The minimum Gasteiger partial charge on any atom is -0.491 e. The van der Waals surface area contributed by atoms with Crippen LogP contribution < -0.4 is 4.74 Å². The van der Waals surface area contributed by atoms with Crippen molar-refractivity contribution in [1.29, 1.82) is 0 Å². The molecule has 3 aliphatic carbocycles. The fourth-order valence-corrected chi connectivity index (χ4v) is 7.08. The highest BCUT2D eigenvalue weighted by atomic mass is 35.5. The lowest BCUT2D eigenvalue weighted by Crippen LogP contribution is -2.72. The second kappa shape index (κ2) is 10.6. The Labute approximate surface area is 233 Å². The Hall–Kier alpha value is -1.75. The van der Waals surface area contributed by atoms with Gasteiger partial charge in [-0.25, -0.2) is 0 Å². The maximum atomic E-state index is 11.6. The van der Waals surface area contributed by atoms with Crippen LogP contribution in [0.2, 0.25) is 5.02 Å². The first kappa shape index (κ1) is 28.8. The summed E-state index contributed by atoms with van der Waals surface area (Å²) < 4.78 is 11.5. The molecular weight excluding hydrogens is 524 g/mol. The van der Waals surface area contributed by atoms with Crippen LogP contribution >= 0.6 is 11.6 Å². The molecule has 6 N–H and O–H groups in total. The van der Waals surface area contributed by atoms with E-state index >= 15 is 0 Å². The van der Waals surface area contributed by atoms with Gasteiger partial charge < -0.3 is 40.1 Å². The van der Waals surface area contributed by atoms with Crippen molar-refractivity contribution < 1.29 is 40.1 Å². The van der Waals surface area contributed by atoms with Gasteiger partial charge in [0, 0.05) is 5.02 Å². The van der Waals surface area contributed by atoms with Crippen LogP contribution in [-0.4, -0.2) is 86.1 Å². The highest BCUT2D eigenvalue weighted by Gasteiger charge is 2.77. The Balaban J connectivity index is 1.38. The van der Waals surface area contributed by atoms with Gasteiger partial charge in [0.05, 0.1) is 53.6 Å². The zero-order valence-electron chi connectivity index (χ0n) is 22.3. The number of hydrogen-bond acceptors (Lipinski definition) is 8. The van der Waals surface area contributed by atoms with Gasteiger partial charge in [-0.2, -0.15) is 0 Å². The van der Waals surface area contributed by atoms with Crippen LogP contribution in [0.1, 0.15) is 56.2 Å². The van der Waals surface area contributed by atoms with Gasteiger partial charge in [0.2, 0.25) is 0 Å². The predicted octanol–water partition coefficient (Wildman–Crippen LogP) is 2.10. The summed E-state index contributed by atoms with van der Waals surface area (Å²) in [6.07, 6.45) is -3.85. The van der Waals surface area contributed by atoms with Crippen molar-refractivity contribution >= 4 is 11.6 Å². The maximum Gasteiger partial charge on any atom is 0.119 e. The topological polar surface area (TPSA) is 140 Å². The van der Waals surface area contributed by atoms with E-state index in [9.17, 15) is 30.6 Å². The smallest absolute Gasteiger partial charge is 0.119 e. The molecule has 0 saturated heterocycles. The fraction of sp³-hybridized carbons (Fsp3) is 0.600. The van der Waals surface area contributed by atoms with Gasteiger partial charge in [-0.3, -0.25) is 0 Å². The average Bonchev–Trinajstić information content (AvgIpc) is 3.08. The van der Waals surface area contributed by atoms with E-state index in [-0.39, 0.29) is 6.42 Å². The Morgan fingerprint density at radius 1 is 0.949 bits per heavy atom. The van der Waals surface area contributed by atoms with E-state index in [1.54, 1.807) is 18.2 Å². The normalized spacial score (nSPS) is 34.6. The van der Waals surface area contributed by atoms with E-state index in [1.165, 1.54) is 20.3 Å². The molecule has 0 heterocycles. The molecule has 0 spiro atoms. The molecule has 2 aromatic carbocycles. The summed E-state index contributed by atoms with van der Waals surface area (Å²) >= 11 is 6.55. The molecule has 3 fully saturated rings. The molecule has 0 aliphatic heterocycles. The number of halogens is 1. The summed E-state index contributed by atoms with van der Waals surface area (Å²) in [5.74, 6) is 0.729. The van der Waals surface area contributed by atoms with Gasteiger partial charge in [0.1, 0.15) is 18.5 Å². The Kier molecular flexibility index (Phi) is 7.80. The van der Waals surface area contributed by atoms with Gasteiger partial charge in [0.15, 0.2) is 0 Å². The lowest BCUT2D eigenvalue weighted by molar-refractivity contribution is -0.254. The van der Waals surface area contributed by atoms with E-state index in [4.69, 9.17) is 21.1 Å². The predicted molar refractivity (Wildman–Crippen MR) is 145 cm³/mol. The zero-order chi connectivity index (χ0) is 28.2. The van der Waals surface area contributed by atoms with Gasteiger partial charge in [-0.15, -0.1) is 0 Å². The van der Waals surface area contributed by atoms with Crippen LogP contribution in [0, 0.1) is 5.41 Å². The van der Waals surface area contributed by atoms with Gasteiger partial charge in [-0.05, 0) is 80.8 Å². The van der Waals surface area contributed by atoms with E-state index in [2.05, 4.69) is 0 Å². The van der Waals surface area contributed by atoms with Crippen molar-refractivity contribution in [2.75, 3.05) is 13.2 Å². The summed E-state index contributed by atoms with van der Waals surface area (Å²) in [5, 5.41) is 67.4. The number of ether oxygens (including phenoxy) is 2. The van der Waals surface area contributed by atoms with Crippen LogP contribution in [0.5, 0.6) is 5.75 Å². The van der Waals surface area contributed by atoms with Crippen molar-refractivity contribution in [2.24, 2.45) is 5.41 Å². The number of rotatable bonds is 9. The van der Waals surface area contributed by atoms with Crippen LogP contribution in [-0.2, 0) is 16.6 Å². The van der Waals surface area contributed by atoms with Crippen molar-refractivity contribution in [3.05, 3.63) is 64.2 Å². The third kappa shape index (κ3) is 4.59. The molecule has 0 amide bonds. The molecule has 39 heavy (non-hydrogen) atoms. The van der Waals surface area contributed by atoms with E-state index in [0.29, 0.717) is 41.9 Å². The molecule has 9 heteroatoms. The van der Waals surface area contributed by atoms with Gasteiger partial charge in [0.25, 0.3) is 0 Å². The fourth-order valence-electron chi connectivity index (χ4n) is 6.89. The standard InChI is InChI=1S/C30H39ClO8/c1-28(2,37)29-16-23(32)30(27(29)36,26(35)24(33)25(29)34)19-8-11-22(31)18(15-19)14-17-6-9-21(10-7-17)39-13-12-38-20-4-3-5-20/h6-11,15,20,23-27,32-37H,3-5,12-14,16H2,1-2H3/t23?,24-,25-,26+,27?,29-,30-/m1/s1. The summed E-state index contributed by atoms with van der Waals surface area (Å²) in [7, 11) is 0. The largest absolute Gasteiger partial charge is 0.491 e. The molecule has 0 radical (unpaired) electrons. The molecule has 2 unspecified atom stereocenters. The quantitative estimate of drug-likeness (QED) is 0.255. The van der Waals surface area contributed by atoms with Crippen molar-refractivity contribution in [3.63, 3.8) is 0 Å². The first-order chi connectivity index (χ1) is 18.4. The van der Waals surface area contributed by atoms with Crippen molar-refractivity contribution in [3.8, 4) is 5.75 Å². The molecule has 7 atom stereocenters. The van der Waals surface area contributed by atoms with Gasteiger partial charge in [-0.1, -0.05) is 35.9 Å². The van der Waals surface area contributed by atoms with Crippen LogP contribution in [0.25, 0.3) is 0 Å². The monoisotopic (exact) mass is 562 g/mol. The molecule has 5 rings (SSSR count). The van der Waals surface area contributed by atoms with Crippen molar-refractivity contribution in [1.82, 2.24) is 0 Å². The Morgan fingerprint density at radius 3 is 2.26 bits per heavy atom. The summed E-state index contributed by atoms with van der Waals surface area (Å²) in [5.41, 5.74) is -3.06. The minimum atomic E-state index is -1.74. The lowest BCUT2D eigenvalue weighted by atomic mass is 9.55. The summed E-state index contributed by atoms with van der Waals surface area (Å²) in [4.78, 5) is 0. The molecule has 2 aromatic rings. The number of hydrogen-bond donors (Lipinski definition) is 6. The third-order valence-electron chi connectivity index (χ3n) is 9.45. The second-order valence-electron chi connectivity index (χ2n) is 11.9. The van der Waals surface area contributed by atoms with Crippen LogP contribution in [0.4, 0.5) is 0 Å². The number of aliphatic hydroxyl groups excluding tert-OH is 5. The molecule has 3 saturated carbocycles. The molecular formula is C30H39ClO8. The Bertz CT molecular complexity index is 1160. The van der Waals surface area contributed by atoms with E-state index in [1.807, 2.05) is 24.3 Å². The second-order valence-corrected chi connectivity index (χ2v) is 12.3. The van der Waals surface area contributed by atoms with E-state index < -0.39 is 47.0 Å². The highest BCUT2D eigenvalue weighted by molar-refractivity contribution is 6.31. The number of benzene rings is 2. The molecule has 214 valence electrons. The minimum absolute atomic E-state index is 0.210. The highest BCUT2D eigenvalue weighted by Crippen LogP contribution is 2.63. The van der Waals surface area contributed by atoms with Crippen molar-refractivity contribution in [2.45, 2.75) is 93.6 Å². The summed E-state index contributed by atoms with van der Waals surface area (Å²) in [6, 6.07) is 12.6. The first-order valence-corrected chi connectivity index (χ1v) is 14.1. The average molecular weight is 563 g/mol. The number of fused-ring (bicyclic) bond motifs is 2. The number of aliphatic hydroxyl groups is 6. The van der Waals surface area contributed by atoms with Gasteiger partial charge >= 0.3 is 0 Å². The Morgan fingerprint density at radius 2 is 1.64 bits per heavy atom. The zero-order valence-corrected chi connectivity index (χ0v) is 23.1. The molecule has 0 aromatic heterocycles. The maximum absolute atomic E-state index is 11.6. The lowest BCUT2D eigenvalue weighted by Gasteiger charge is -2.56. The third-order valence-corrected chi connectivity index (χ3v) is 9.82.